The molecule has 2 fully saturated rings. The van der Waals surface area contributed by atoms with Crippen LogP contribution in [-0.2, 0) is 6.42 Å². The fraction of sp³-hybridized carbons (Fsp3) is 0.414. The van der Waals surface area contributed by atoms with Gasteiger partial charge in [-0.05, 0) is 68.6 Å². The Morgan fingerprint density at radius 1 is 1.00 bits per heavy atom. The molecular formula is C29H34FN7. The normalized spacial score (nSPS) is 16.6. The second-order valence-corrected chi connectivity index (χ2v) is 10.8. The van der Waals surface area contributed by atoms with Crippen molar-refractivity contribution in [3.8, 4) is 5.82 Å². The first-order valence-electron chi connectivity index (χ1n) is 13.3. The van der Waals surface area contributed by atoms with E-state index >= 15 is 4.39 Å². The van der Waals surface area contributed by atoms with Crippen LogP contribution in [0.3, 0.4) is 0 Å². The lowest BCUT2D eigenvalue weighted by molar-refractivity contribution is 0.313. The van der Waals surface area contributed by atoms with Crippen molar-refractivity contribution in [3.63, 3.8) is 0 Å². The van der Waals surface area contributed by atoms with Crippen LogP contribution >= 0.6 is 0 Å². The summed E-state index contributed by atoms with van der Waals surface area (Å²) >= 11 is 0. The Morgan fingerprint density at radius 2 is 1.76 bits per heavy atom. The molecule has 4 heterocycles. The van der Waals surface area contributed by atoms with E-state index in [2.05, 4.69) is 53.1 Å². The number of hydrogen-bond acceptors (Lipinski definition) is 6. The van der Waals surface area contributed by atoms with Crippen LogP contribution in [0, 0.1) is 11.7 Å². The van der Waals surface area contributed by atoms with E-state index in [1.54, 1.807) is 6.20 Å². The van der Waals surface area contributed by atoms with Gasteiger partial charge in [0.15, 0.2) is 11.5 Å². The van der Waals surface area contributed by atoms with E-state index in [4.69, 9.17) is 9.97 Å². The quantitative estimate of drug-likeness (QED) is 0.361. The number of pyridine rings is 1. The molecule has 0 bridgehead atoms. The van der Waals surface area contributed by atoms with Crippen LogP contribution in [0.1, 0.15) is 44.0 Å². The zero-order valence-corrected chi connectivity index (χ0v) is 21.8. The van der Waals surface area contributed by atoms with Gasteiger partial charge in [0.25, 0.3) is 0 Å². The fourth-order valence-electron chi connectivity index (χ4n) is 5.13. The monoisotopic (exact) mass is 499 g/mol. The molecule has 1 aromatic carbocycles. The summed E-state index contributed by atoms with van der Waals surface area (Å²) in [6, 6.07) is 14.3. The molecule has 1 saturated heterocycles. The Labute approximate surface area is 217 Å². The molecule has 37 heavy (non-hydrogen) atoms. The predicted octanol–water partition coefficient (Wildman–Crippen LogP) is 5.53. The summed E-state index contributed by atoms with van der Waals surface area (Å²) in [6.07, 6.45) is 4.44. The molecule has 8 heteroatoms. The Balaban J connectivity index is 1.32. The van der Waals surface area contributed by atoms with Gasteiger partial charge in [0, 0.05) is 55.4 Å². The van der Waals surface area contributed by atoms with Crippen molar-refractivity contribution in [3.05, 3.63) is 65.9 Å². The van der Waals surface area contributed by atoms with E-state index in [-0.39, 0.29) is 11.7 Å². The second kappa shape index (κ2) is 9.74. The number of hydrogen-bond donors (Lipinski definition) is 1. The van der Waals surface area contributed by atoms with Crippen LogP contribution in [0.2, 0.25) is 0 Å². The standard InChI is InChI=1S/C29H34FN7/c1-19(2)17-22-5-4-6-25(32-22)37-27(20-7-8-20)26(30)24-18-31-29(34-28(24)37)33-21-9-11-23(12-10-21)36-15-13-35(3)14-16-36/h4-6,9-12,18-20H,7-8,13-17H2,1-3H3,(H,31,33,34). The molecule has 1 saturated carbocycles. The molecule has 0 radical (unpaired) electrons. The van der Waals surface area contributed by atoms with Crippen LogP contribution in [0.5, 0.6) is 0 Å². The topological polar surface area (TPSA) is 62.1 Å². The smallest absolute Gasteiger partial charge is 0.229 e. The van der Waals surface area contributed by atoms with E-state index in [0.29, 0.717) is 28.6 Å². The van der Waals surface area contributed by atoms with Crippen LogP contribution in [0.4, 0.5) is 21.7 Å². The molecule has 0 unspecified atom stereocenters. The van der Waals surface area contributed by atoms with Gasteiger partial charge in [0.1, 0.15) is 5.82 Å². The minimum atomic E-state index is -0.225. The molecule has 3 aromatic heterocycles. The van der Waals surface area contributed by atoms with Gasteiger partial charge in [-0.15, -0.1) is 0 Å². The summed E-state index contributed by atoms with van der Waals surface area (Å²) in [5.74, 6) is 1.62. The molecule has 1 aliphatic heterocycles. The number of rotatable bonds is 7. The highest BCUT2D eigenvalue weighted by Crippen LogP contribution is 2.45. The van der Waals surface area contributed by atoms with Crippen molar-refractivity contribution in [2.75, 3.05) is 43.4 Å². The van der Waals surface area contributed by atoms with E-state index in [0.717, 1.165) is 62.6 Å². The number of halogens is 1. The van der Waals surface area contributed by atoms with Crippen LogP contribution in [0.25, 0.3) is 16.9 Å². The van der Waals surface area contributed by atoms with Crippen LogP contribution in [0.15, 0.2) is 48.7 Å². The van der Waals surface area contributed by atoms with Gasteiger partial charge in [0.2, 0.25) is 5.95 Å². The molecule has 1 N–H and O–H groups in total. The third-order valence-electron chi connectivity index (χ3n) is 7.28. The fourth-order valence-corrected chi connectivity index (χ4v) is 5.13. The number of nitrogens with zero attached hydrogens (tertiary/aromatic N) is 6. The lowest BCUT2D eigenvalue weighted by Gasteiger charge is -2.34. The lowest BCUT2D eigenvalue weighted by Crippen LogP contribution is -2.44. The molecule has 1 aliphatic carbocycles. The van der Waals surface area contributed by atoms with Crippen molar-refractivity contribution in [2.45, 2.75) is 39.0 Å². The van der Waals surface area contributed by atoms with Crippen LogP contribution in [-0.4, -0.2) is 57.6 Å². The van der Waals surface area contributed by atoms with Crippen LogP contribution < -0.4 is 10.2 Å². The minimum Gasteiger partial charge on any atom is -0.369 e. The molecular weight excluding hydrogens is 465 g/mol. The molecule has 7 nitrogen and oxygen atoms in total. The Kier molecular flexibility index (Phi) is 6.28. The van der Waals surface area contributed by atoms with Crippen molar-refractivity contribution in [2.24, 2.45) is 5.92 Å². The number of fused-ring (bicyclic) bond motifs is 1. The van der Waals surface area contributed by atoms with Crippen molar-refractivity contribution in [1.29, 1.82) is 0 Å². The maximum absolute atomic E-state index is 15.6. The summed E-state index contributed by atoms with van der Waals surface area (Å²) in [7, 11) is 2.16. The number of piperazine rings is 1. The summed E-state index contributed by atoms with van der Waals surface area (Å²) < 4.78 is 17.5. The van der Waals surface area contributed by atoms with Gasteiger partial charge in [0.05, 0.1) is 11.1 Å². The lowest BCUT2D eigenvalue weighted by atomic mass is 10.1. The third kappa shape index (κ3) is 4.90. The number of nitrogens with one attached hydrogen (secondary N) is 1. The first-order chi connectivity index (χ1) is 18.0. The second-order valence-electron chi connectivity index (χ2n) is 10.8. The van der Waals surface area contributed by atoms with E-state index in [9.17, 15) is 0 Å². The molecule has 4 aromatic rings. The first kappa shape index (κ1) is 23.9. The maximum Gasteiger partial charge on any atom is 0.229 e. The van der Waals surface area contributed by atoms with Crippen molar-refractivity contribution >= 4 is 28.4 Å². The Bertz CT molecular complexity index is 1400. The van der Waals surface area contributed by atoms with Gasteiger partial charge in [-0.1, -0.05) is 19.9 Å². The minimum absolute atomic E-state index is 0.197. The summed E-state index contributed by atoms with van der Waals surface area (Å²) in [5, 5.41) is 3.76. The number of anilines is 3. The van der Waals surface area contributed by atoms with Gasteiger partial charge in [-0.25, -0.2) is 14.4 Å². The molecule has 2 aliphatic rings. The highest BCUT2D eigenvalue weighted by Gasteiger charge is 2.34. The SMILES string of the molecule is CC(C)Cc1cccc(-n2c(C3CC3)c(F)c3cnc(Nc4ccc(N5CCN(C)CC5)cc4)nc32)n1. The summed E-state index contributed by atoms with van der Waals surface area (Å²) in [5.41, 5.74) is 4.35. The summed E-state index contributed by atoms with van der Waals surface area (Å²) in [4.78, 5) is 18.9. The van der Waals surface area contributed by atoms with Crippen molar-refractivity contribution < 1.29 is 4.39 Å². The average Bonchev–Trinajstić information content (AvgIpc) is 3.68. The average molecular weight is 500 g/mol. The number of likely N-dealkylation sites (N-methyl/N-ethyl adjacent to an activating group) is 1. The molecule has 6 rings (SSSR count). The first-order valence-corrected chi connectivity index (χ1v) is 13.3. The van der Waals surface area contributed by atoms with E-state index in [1.165, 1.54) is 5.69 Å². The van der Waals surface area contributed by atoms with Gasteiger partial charge >= 0.3 is 0 Å². The number of aromatic nitrogens is 4. The Morgan fingerprint density at radius 3 is 2.46 bits per heavy atom. The van der Waals surface area contributed by atoms with Gasteiger partial charge in [-0.3, -0.25) is 4.57 Å². The molecule has 0 atom stereocenters. The molecule has 0 spiro atoms. The Hall–Kier alpha value is -3.52. The van der Waals surface area contributed by atoms with E-state index in [1.807, 2.05) is 34.9 Å². The van der Waals surface area contributed by atoms with Gasteiger partial charge in [-0.2, -0.15) is 4.98 Å². The van der Waals surface area contributed by atoms with E-state index < -0.39 is 0 Å². The summed E-state index contributed by atoms with van der Waals surface area (Å²) in [6.45, 7) is 8.56. The molecule has 0 amide bonds. The van der Waals surface area contributed by atoms with Gasteiger partial charge < -0.3 is 15.1 Å². The zero-order valence-electron chi connectivity index (χ0n) is 21.8. The predicted molar refractivity (Wildman–Crippen MR) is 147 cm³/mol. The molecule has 192 valence electrons. The maximum atomic E-state index is 15.6. The highest BCUT2D eigenvalue weighted by atomic mass is 19.1. The van der Waals surface area contributed by atoms with Crippen molar-refractivity contribution in [1.82, 2.24) is 24.4 Å². The number of benzene rings is 1. The zero-order chi connectivity index (χ0) is 25.5. The highest BCUT2D eigenvalue weighted by molar-refractivity contribution is 5.81. The largest absolute Gasteiger partial charge is 0.369 e. The third-order valence-corrected chi connectivity index (χ3v) is 7.28.